The number of carbonyl (C=O) groups excluding carboxylic acids is 3. The minimum Gasteiger partial charge on any atom is -0.340 e. The van der Waals surface area contributed by atoms with Crippen molar-refractivity contribution in [2.24, 2.45) is 0 Å². The fourth-order valence-corrected chi connectivity index (χ4v) is 3.44. The van der Waals surface area contributed by atoms with Crippen molar-refractivity contribution >= 4 is 29.4 Å². The molecule has 0 aromatic heterocycles. The van der Waals surface area contributed by atoms with E-state index in [2.05, 4.69) is 12.2 Å². The molecular formula is C22H24ClN3O3. The lowest BCUT2D eigenvalue weighted by molar-refractivity contribution is -0.138. The SMILES string of the molecule is CCc1ccc(CN(C)C(=O)CN2C(=O)NC(C)(c3ccc(Cl)cc3)C2=O)cc1. The summed E-state index contributed by atoms with van der Waals surface area (Å²) in [5, 5.41) is 3.23. The van der Waals surface area contributed by atoms with Gasteiger partial charge in [0.25, 0.3) is 5.91 Å². The molecule has 1 saturated heterocycles. The van der Waals surface area contributed by atoms with Crippen LogP contribution in [0.4, 0.5) is 4.79 Å². The van der Waals surface area contributed by atoms with Crippen molar-refractivity contribution in [2.45, 2.75) is 32.4 Å². The molecule has 3 rings (SSSR count). The molecule has 1 fully saturated rings. The highest BCUT2D eigenvalue weighted by atomic mass is 35.5. The number of likely N-dealkylation sites (N-methyl/N-ethyl adjacent to an activating group) is 1. The van der Waals surface area contributed by atoms with Crippen molar-refractivity contribution in [1.29, 1.82) is 0 Å². The lowest BCUT2D eigenvalue weighted by atomic mass is 9.92. The topological polar surface area (TPSA) is 69.7 Å². The van der Waals surface area contributed by atoms with E-state index in [0.717, 1.165) is 16.9 Å². The molecule has 0 radical (unpaired) electrons. The highest BCUT2D eigenvalue weighted by Crippen LogP contribution is 2.29. The van der Waals surface area contributed by atoms with Crippen LogP contribution in [0.25, 0.3) is 0 Å². The van der Waals surface area contributed by atoms with Crippen molar-refractivity contribution in [1.82, 2.24) is 15.1 Å². The average Bonchev–Trinajstić information content (AvgIpc) is 2.92. The van der Waals surface area contributed by atoms with Crippen LogP contribution in [-0.2, 0) is 28.1 Å². The van der Waals surface area contributed by atoms with Gasteiger partial charge in [-0.3, -0.25) is 14.5 Å². The minimum absolute atomic E-state index is 0.308. The fraction of sp³-hybridized carbons (Fsp3) is 0.318. The number of amides is 4. The molecule has 1 unspecified atom stereocenters. The van der Waals surface area contributed by atoms with Crippen molar-refractivity contribution in [3.05, 3.63) is 70.2 Å². The van der Waals surface area contributed by atoms with E-state index >= 15 is 0 Å². The number of halogens is 1. The molecule has 6 nitrogen and oxygen atoms in total. The molecule has 1 N–H and O–H groups in total. The van der Waals surface area contributed by atoms with E-state index in [9.17, 15) is 14.4 Å². The van der Waals surface area contributed by atoms with Crippen molar-refractivity contribution < 1.29 is 14.4 Å². The standard InChI is InChI=1S/C22H24ClN3O3/c1-4-15-5-7-16(8-6-15)13-25(3)19(27)14-26-20(28)22(2,24-21(26)29)17-9-11-18(23)12-10-17/h5-12H,4,13-14H2,1-3H3,(H,24,29). The zero-order valence-corrected chi connectivity index (χ0v) is 17.5. The van der Waals surface area contributed by atoms with Gasteiger partial charge in [-0.1, -0.05) is 54.9 Å². The predicted molar refractivity (Wildman–Crippen MR) is 111 cm³/mol. The summed E-state index contributed by atoms with van der Waals surface area (Å²) < 4.78 is 0. The van der Waals surface area contributed by atoms with Gasteiger partial charge in [0.2, 0.25) is 5.91 Å². The van der Waals surface area contributed by atoms with Crippen LogP contribution in [0.15, 0.2) is 48.5 Å². The van der Waals surface area contributed by atoms with E-state index in [4.69, 9.17) is 11.6 Å². The molecule has 2 aromatic carbocycles. The Bertz CT molecular complexity index is 927. The van der Waals surface area contributed by atoms with E-state index in [-0.39, 0.29) is 12.5 Å². The Morgan fingerprint density at radius 2 is 1.66 bits per heavy atom. The summed E-state index contributed by atoms with van der Waals surface area (Å²) in [4.78, 5) is 40.5. The lowest BCUT2D eigenvalue weighted by Gasteiger charge is -2.23. The van der Waals surface area contributed by atoms with Gasteiger partial charge in [-0.2, -0.15) is 0 Å². The van der Waals surface area contributed by atoms with Crippen molar-refractivity contribution in [3.63, 3.8) is 0 Å². The molecule has 1 heterocycles. The third-order valence-corrected chi connectivity index (χ3v) is 5.52. The van der Waals surface area contributed by atoms with Crippen molar-refractivity contribution in [3.8, 4) is 0 Å². The molecule has 0 aliphatic carbocycles. The van der Waals surface area contributed by atoms with Crippen LogP contribution >= 0.6 is 11.6 Å². The monoisotopic (exact) mass is 413 g/mol. The molecule has 4 amide bonds. The molecular weight excluding hydrogens is 390 g/mol. The van der Waals surface area contributed by atoms with Gasteiger partial charge in [0.1, 0.15) is 12.1 Å². The molecule has 0 bridgehead atoms. The Morgan fingerprint density at radius 3 is 2.24 bits per heavy atom. The van der Waals surface area contributed by atoms with Gasteiger partial charge in [0, 0.05) is 18.6 Å². The number of benzene rings is 2. The first kappa shape index (κ1) is 20.9. The van der Waals surface area contributed by atoms with Gasteiger partial charge >= 0.3 is 6.03 Å². The molecule has 1 aliphatic rings. The van der Waals surface area contributed by atoms with E-state index in [1.54, 1.807) is 38.2 Å². The molecule has 152 valence electrons. The summed E-state index contributed by atoms with van der Waals surface area (Å²) in [5.74, 6) is -0.771. The van der Waals surface area contributed by atoms with Gasteiger partial charge in [-0.25, -0.2) is 4.79 Å². The van der Waals surface area contributed by atoms with Crippen molar-refractivity contribution in [2.75, 3.05) is 13.6 Å². The second kappa shape index (κ2) is 8.25. The molecule has 2 aromatic rings. The normalized spacial score (nSPS) is 18.7. The first-order valence-corrected chi connectivity index (χ1v) is 9.84. The van der Waals surface area contributed by atoms with E-state index in [1.165, 1.54) is 10.5 Å². The van der Waals surface area contributed by atoms with Gasteiger partial charge < -0.3 is 10.2 Å². The second-order valence-corrected chi connectivity index (χ2v) is 7.81. The van der Waals surface area contributed by atoms with Gasteiger partial charge in [0.15, 0.2) is 0 Å². The van der Waals surface area contributed by atoms with E-state index < -0.39 is 17.5 Å². The first-order valence-electron chi connectivity index (χ1n) is 9.46. The van der Waals surface area contributed by atoms with Crippen LogP contribution in [0.5, 0.6) is 0 Å². The number of carbonyl (C=O) groups is 3. The molecule has 0 saturated carbocycles. The largest absolute Gasteiger partial charge is 0.340 e. The maximum atomic E-state index is 12.9. The number of nitrogens with one attached hydrogen (secondary N) is 1. The lowest BCUT2D eigenvalue weighted by Crippen LogP contribution is -2.43. The zero-order chi connectivity index (χ0) is 21.2. The highest BCUT2D eigenvalue weighted by Gasteiger charge is 2.49. The summed E-state index contributed by atoms with van der Waals surface area (Å²) in [7, 11) is 1.66. The van der Waals surface area contributed by atoms with Crippen LogP contribution in [0.2, 0.25) is 5.02 Å². The predicted octanol–water partition coefficient (Wildman–Crippen LogP) is 3.33. The number of hydrogen-bond donors (Lipinski definition) is 1. The summed E-state index contributed by atoms with van der Waals surface area (Å²) in [5.41, 5.74) is 1.60. The summed E-state index contributed by atoms with van der Waals surface area (Å²) in [6.45, 7) is 3.80. The van der Waals surface area contributed by atoms with Crippen LogP contribution in [0.1, 0.15) is 30.5 Å². The number of imide groups is 1. The molecule has 1 aliphatic heterocycles. The van der Waals surface area contributed by atoms with E-state index in [0.29, 0.717) is 17.1 Å². The maximum absolute atomic E-state index is 12.9. The van der Waals surface area contributed by atoms with Gasteiger partial charge in [0.05, 0.1) is 0 Å². The third kappa shape index (κ3) is 4.27. The highest BCUT2D eigenvalue weighted by molar-refractivity contribution is 6.30. The number of rotatable bonds is 6. The Balaban J connectivity index is 1.68. The molecule has 1 atom stereocenters. The molecule has 7 heteroatoms. The molecule has 29 heavy (non-hydrogen) atoms. The quantitative estimate of drug-likeness (QED) is 0.738. The smallest absolute Gasteiger partial charge is 0.325 e. The third-order valence-electron chi connectivity index (χ3n) is 5.27. The fourth-order valence-electron chi connectivity index (χ4n) is 3.32. The number of hydrogen-bond acceptors (Lipinski definition) is 3. The number of nitrogens with zero attached hydrogens (tertiary/aromatic N) is 2. The van der Waals surface area contributed by atoms with Gasteiger partial charge in [-0.05, 0) is 42.2 Å². The Kier molecular flexibility index (Phi) is 5.94. The summed E-state index contributed by atoms with van der Waals surface area (Å²) in [6, 6.07) is 14.1. The van der Waals surface area contributed by atoms with E-state index in [1.807, 2.05) is 24.3 Å². The summed E-state index contributed by atoms with van der Waals surface area (Å²) in [6.07, 6.45) is 0.952. The first-order chi connectivity index (χ1) is 13.7. The Labute approximate surface area is 175 Å². The minimum atomic E-state index is -1.23. The zero-order valence-electron chi connectivity index (χ0n) is 16.7. The van der Waals surface area contributed by atoms with Crippen LogP contribution < -0.4 is 5.32 Å². The van der Waals surface area contributed by atoms with Crippen LogP contribution in [0.3, 0.4) is 0 Å². The second-order valence-electron chi connectivity index (χ2n) is 7.37. The number of urea groups is 1. The number of aryl methyl sites for hydroxylation is 1. The summed E-state index contributed by atoms with van der Waals surface area (Å²) >= 11 is 5.91. The maximum Gasteiger partial charge on any atom is 0.325 e. The average molecular weight is 414 g/mol. The van der Waals surface area contributed by atoms with Crippen LogP contribution in [0, 0.1) is 0 Å². The van der Waals surface area contributed by atoms with Gasteiger partial charge in [-0.15, -0.1) is 0 Å². The Morgan fingerprint density at radius 1 is 1.07 bits per heavy atom. The molecule has 0 spiro atoms. The Hall–Kier alpha value is -2.86. The van der Waals surface area contributed by atoms with Crippen LogP contribution in [-0.4, -0.2) is 41.2 Å².